The van der Waals surface area contributed by atoms with E-state index in [0.29, 0.717) is 50.5 Å². The first-order valence-electron chi connectivity index (χ1n) is 13.7. The van der Waals surface area contributed by atoms with Crippen LogP contribution in [0, 0.1) is 28.6 Å². The van der Waals surface area contributed by atoms with E-state index in [1.165, 1.54) is 0 Å². The lowest BCUT2D eigenvalue weighted by Crippen LogP contribution is -2.62. The van der Waals surface area contributed by atoms with Gasteiger partial charge in [0.1, 0.15) is 5.60 Å². The Kier molecular flexibility index (Phi) is 6.36. The van der Waals surface area contributed by atoms with Crippen LogP contribution in [0.1, 0.15) is 86.0 Å². The number of rotatable bonds is 4. The second kappa shape index (κ2) is 8.43. The largest absolute Gasteiger partial charge is 0.473 e. The topological polar surface area (TPSA) is 154 Å². The molecule has 5 rings (SSSR count). The summed E-state index contributed by atoms with van der Waals surface area (Å²) in [5.41, 5.74) is -4.09. The molecule has 210 valence electrons. The van der Waals surface area contributed by atoms with Gasteiger partial charge in [-0.25, -0.2) is 4.57 Å². The molecule has 0 spiro atoms. The number of allylic oxidation sites excluding steroid dienone is 1. The van der Waals surface area contributed by atoms with E-state index >= 15 is 0 Å². The molecular weight excluding hydrogens is 499 g/mol. The summed E-state index contributed by atoms with van der Waals surface area (Å²) in [6, 6.07) is 0. The maximum Gasteiger partial charge on any atom is 0.473 e. The molecule has 11 atom stereocenters. The van der Waals surface area contributed by atoms with Crippen LogP contribution in [0.25, 0.3) is 0 Å². The van der Waals surface area contributed by atoms with Crippen LogP contribution in [0.3, 0.4) is 0 Å². The number of aliphatic hydroxyl groups is 4. The van der Waals surface area contributed by atoms with Gasteiger partial charge in [0.05, 0.1) is 29.5 Å². The Morgan fingerprint density at radius 2 is 1.78 bits per heavy atom. The minimum absolute atomic E-state index is 0.113. The summed E-state index contributed by atoms with van der Waals surface area (Å²) in [7, 11) is -4.32. The average Bonchev–Trinajstić information content (AvgIpc) is 3.17. The number of aliphatic hydroxyl groups excluding tert-OH is 2. The molecule has 0 bridgehead atoms. The second-order valence-electron chi connectivity index (χ2n) is 13.8. The van der Waals surface area contributed by atoms with Crippen molar-refractivity contribution in [2.24, 2.45) is 28.6 Å². The van der Waals surface area contributed by atoms with E-state index in [-0.39, 0.29) is 24.0 Å². The molecule has 0 radical (unpaired) electrons. The highest BCUT2D eigenvalue weighted by molar-refractivity contribution is 7.47. The standard InChI is InChI=1S/C27H43O9P/c1-23(2,31)9-8-22-26(5,36-37(33,34)35-22)21-7-11-27(32)16-12-18(28)17-13-19(29)20(30)14-24(17,3)15(16)6-10-25(21,27)4/h12,15,17,19-22,29-32H,6-11,13-14H2,1-5H3,(H,33,34)/t15?,17-,19+,20-,21-,22+,24+,25+,26+,27+/m0/s1. The lowest BCUT2D eigenvalue weighted by atomic mass is 9.45. The third kappa shape index (κ3) is 4.07. The average molecular weight is 543 g/mol. The summed E-state index contributed by atoms with van der Waals surface area (Å²) in [6.07, 6.45) is 2.38. The van der Waals surface area contributed by atoms with Crippen molar-refractivity contribution in [3.8, 4) is 0 Å². The second-order valence-corrected chi connectivity index (χ2v) is 15.1. The molecule has 2 unspecified atom stereocenters. The number of carbonyl (C=O) groups is 1. The lowest BCUT2D eigenvalue weighted by molar-refractivity contribution is -0.160. The van der Waals surface area contributed by atoms with Gasteiger partial charge in [-0.2, -0.15) is 0 Å². The van der Waals surface area contributed by atoms with Crippen LogP contribution in [0.5, 0.6) is 0 Å². The van der Waals surface area contributed by atoms with E-state index in [9.17, 15) is 34.7 Å². The monoisotopic (exact) mass is 542 g/mol. The molecule has 4 aliphatic carbocycles. The Morgan fingerprint density at radius 1 is 1.11 bits per heavy atom. The highest BCUT2D eigenvalue weighted by Gasteiger charge is 2.71. The molecule has 5 aliphatic rings. The first-order chi connectivity index (χ1) is 16.9. The van der Waals surface area contributed by atoms with Crippen molar-refractivity contribution in [2.75, 3.05) is 0 Å². The molecule has 0 aromatic rings. The van der Waals surface area contributed by atoms with Crippen LogP contribution < -0.4 is 0 Å². The SMILES string of the molecule is CC(C)(O)CC[C@H]1OP(=O)(O)O[C@]1(C)[C@H]1CC[C@@]2(O)C3=CC(=O)[C@@H]4C[C@@H](O)[C@@H](O)C[C@]4(C)C3CC[C@]12C. The summed E-state index contributed by atoms with van der Waals surface area (Å²) >= 11 is 0. The Balaban J connectivity index is 1.51. The Morgan fingerprint density at radius 3 is 2.43 bits per heavy atom. The van der Waals surface area contributed by atoms with Crippen molar-refractivity contribution in [3.63, 3.8) is 0 Å². The van der Waals surface area contributed by atoms with Crippen molar-refractivity contribution in [1.82, 2.24) is 0 Å². The molecule has 9 nitrogen and oxygen atoms in total. The Hall–Kier alpha value is -0.640. The zero-order valence-corrected chi connectivity index (χ0v) is 23.4. The third-order valence-electron chi connectivity index (χ3n) is 11.0. The Labute approximate surface area is 218 Å². The number of hydrogen-bond donors (Lipinski definition) is 5. The predicted octanol–water partition coefficient (Wildman–Crippen LogP) is 3.02. The molecule has 1 saturated heterocycles. The molecule has 1 heterocycles. The van der Waals surface area contributed by atoms with Crippen LogP contribution in [0.4, 0.5) is 0 Å². The van der Waals surface area contributed by atoms with Gasteiger partial charge in [0.15, 0.2) is 5.78 Å². The molecule has 0 amide bonds. The van der Waals surface area contributed by atoms with Crippen LogP contribution >= 0.6 is 7.82 Å². The maximum absolute atomic E-state index is 13.4. The van der Waals surface area contributed by atoms with Gasteiger partial charge in [0.25, 0.3) is 0 Å². The molecule has 0 aromatic heterocycles. The summed E-state index contributed by atoms with van der Waals surface area (Å²) in [5.74, 6) is -0.963. The van der Waals surface area contributed by atoms with Crippen LogP contribution in [0.2, 0.25) is 0 Å². The number of hydrogen-bond acceptors (Lipinski definition) is 8. The highest BCUT2D eigenvalue weighted by atomic mass is 31.2. The van der Waals surface area contributed by atoms with Crippen molar-refractivity contribution < 1.29 is 43.7 Å². The van der Waals surface area contributed by atoms with Crippen molar-refractivity contribution in [2.45, 2.75) is 121 Å². The van der Waals surface area contributed by atoms with Gasteiger partial charge < -0.3 is 25.3 Å². The van der Waals surface area contributed by atoms with Crippen LogP contribution in [-0.4, -0.2) is 66.2 Å². The van der Waals surface area contributed by atoms with E-state index in [1.807, 2.05) is 13.8 Å². The fourth-order valence-corrected chi connectivity index (χ4v) is 10.4. The van der Waals surface area contributed by atoms with Crippen molar-refractivity contribution in [1.29, 1.82) is 0 Å². The zero-order chi connectivity index (χ0) is 27.4. The van der Waals surface area contributed by atoms with E-state index in [0.717, 1.165) is 0 Å². The number of fused-ring (bicyclic) bond motifs is 5. The minimum atomic E-state index is -4.32. The maximum atomic E-state index is 13.4. The van der Waals surface area contributed by atoms with Gasteiger partial charge in [-0.05, 0) is 101 Å². The molecule has 3 saturated carbocycles. The van der Waals surface area contributed by atoms with Crippen molar-refractivity contribution >= 4 is 13.6 Å². The van der Waals surface area contributed by atoms with Gasteiger partial charge in [-0.1, -0.05) is 13.8 Å². The fraction of sp³-hybridized carbons (Fsp3) is 0.889. The molecule has 1 aliphatic heterocycles. The zero-order valence-electron chi connectivity index (χ0n) is 22.5. The van der Waals surface area contributed by atoms with Gasteiger partial charge in [0, 0.05) is 11.3 Å². The number of phosphoric ester groups is 1. The number of ketones is 1. The molecule has 4 fully saturated rings. The number of phosphoric acid groups is 1. The normalized spacial score (nSPS) is 53.9. The Bertz CT molecular complexity index is 1050. The van der Waals surface area contributed by atoms with E-state index in [4.69, 9.17) is 9.05 Å². The predicted molar refractivity (Wildman–Crippen MR) is 134 cm³/mol. The van der Waals surface area contributed by atoms with Gasteiger partial charge >= 0.3 is 7.82 Å². The van der Waals surface area contributed by atoms with Crippen molar-refractivity contribution in [3.05, 3.63) is 11.6 Å². The van der Waals surface area contributed by atoms with Crippen LogP contribution in [0.15, 0.2) is 11.6 Å². The first-order valence-corrected chi connectivity index (χ1v) is 15.1. The molecule has 5 N–H and O–H groups in total. The highest BCUT2D eigenvalue weighted by Crippen LogP contribution is 2.72. The molecule has 10 heteroatoms. The van der Waals surface area contributed by atoms with E-state index in [2.05, 4.69) is 0 Å². The third-order valence-corrected chi connectivity index (χ3v) is 12.2. The summed E-state index contributed by atoms with van der Waals surface area (Å²) in [6.45, 7) is 9.13. The quantitative estimate of drug-likeness (QED) is 0.337. The van der Waals surface area contributed by atoms with E-state index < -0.39 is 59.7 Å². The van der Waals surface area contributed by atoms with Gasteiger partial charge in [-0.3, -0.25) is 13.8 Å². The van der Waals surface area contributed by atoms with E-state index in [1.54, 1.807) is 26.8 Å². The molecular formula is C27H43O9P. The summed E-state index contributed by atoms with van der Waals surface area (Å²) < 4.78 is 24.0. The summed E-state index contributed by atoms with van der Waals surface area (Å²) in [5, 5.41) is 43.5. The fourth-order valence-electron chi connectivity index (χ4n) is 9.00. The lowest BCUT2D eigenvalue weighted by Gasteiger charge is -2.60. The first kappa shape index (κ1) is 27.9. The smallest absolute Gasteiger partial charge is 0.390 e. The minimum Gasteiger partial charge on any atom is -0.390 e. The van der Waals surface area contributed by atoms with Crippen LogP contribution in [-0.2, 0) is 18.4 Å². The molecule has 37 heavy (non-hydrogen) atoms. The molecule has 0 aromatic carbocycles. The van der Waals surface area contributed by atoms with Gasteiger partial charge in [-0.15, -0.1) is 0 Å². The van der Waals surface area contributed by atoms with Gasteiger partial charge in [0.2, 0.25) is 0 Å². The number of carbonyl (C=O) groups excluding carboxylic acids is 1. The summed E-state index contributed by atoms with van der Waals surface area (Å²) in [4.78, 5) is 23.7.